The van der Waals surface area contributed by atoms with Gasteiger partial charge >= 0.3 is 5.97 Å². The lowest BCUT2D eigenvalue weighted by Gasteiger charge is -2.11. The van der Waals surface area contributed by atoms with Crippen molar-refractivity contribution in [3.63, 3.8) is 0 Å². The highest BCUT2D eigenvalue weighted by Crippen LogP contribution is 2.19. The second-order valence-corrected chi connectivity index (χ2v) is 4.66. The van der Waals surface area contributed by atoms with Gasteiger partial charge in [-0.2, -0.15) is 0 Å². The Morgan fingerprint density at radius 3 is 2.82 bits per heavy atom. The van der Waals surface area contributed by atoms with Crippen molar-refractivity contribution in [2.75, 3.05) is 12.3 Å². The molecular formula is C13H18ClNO2. The van der Waals surface area contributed by atoms with Gasteiger partial charge in [0.1, 0.15) is 0 Å². The molecule has 1 rings (SSSR count). The van der Waals surface area contributed by atoms with Crippen molar-refractivity contribution >= 4 is 23.3 Å². The molecule has 0 heterocycles. The molecule has 0 amide bonds. The highest BCUT2D eigenvalue weighted by atomic mass is 35.5. The number of rotatable bonds is 5. The number of benzene rings is 1. The zero-order chi connectivity index (χ0) is 12.8. The number of esters is 1. The van der Waals surface area contributed by atoms with Crippen molar-refractivity contribution in [3.05, 3.63) is 28.8 Å². The summed E-state index contributed by atoms with van der Waals surface area (Å²) in [6.45, 7) is 4.59. The van der Waals surface area contributed by atoms with Crippen LogP contribution in [-0.4, -0.2) is 12.6 Å². The van der Waals surface area contributed by atoms with E-state index in [4.69, 9.17) is 22.1 Å². The van der Waals surface area contributed by atoms with Gasteiger partial charge in [-0.3, -0.25) is 0 Å². The molecule has 0 aliphatic heterocycles. The third-order valence-electron chi connectivity index (χ3n) is 2.51. The van der Waals surface area contributed by atoms with E-state index in [-0.39, 0.29) is 5.97 Å². The largest absolute Gasteiger partial charge is 0.462 e. The van der Waals surface area contributed by atoms with Gasteiger partial charge in [-0.15, -0.1) is 0 Å². The number of carbonyl (C=O) groups is 1. The molecule has 1 aromatic rings. The van der Waals surface area contributed by atoms with Crippen LogP contribution >= 0.6 is 11.6 Å². The minimum Gasteiger partial charge on any atom is -0.462 e. The minimum absolute atomic E-state index is 0.352. The van der Waals surface area contributed by atoms with E-state index in [1.807, 2.05) is 0 Å². The number of nitrogens with two attached hydrogens (primary N) is 1. The number of halogens is 1. The van der Waals surface area contributed by atoms with E-state index in [0.717, 1.165) is 12.8 Å². The Hall–Kier alpha value is -1.22. The lowest BCUT2D eigenvalue weighted by molar-refractivity contribution is 0.0445. The number of ether oxygens (including phenoxy) is 1. The molecule has 0 saturated carbocycles. The van der Waals surface area contributed by atoms with Crippen LogP contribution in [0, 0.1) is 5.92 Å². The van der Waals surface area contributed by atoms with Gasteiger partial charge in [-0.1, -0.05) is 31.9 Å². The molecule has 4 heteroatoms. The Labute approximate surface area is 107 Å². The van der Waals surface area contributed by atoms with E-state index in [1.165, 1.54) is 0 Å². The molecule has 0 aromatic heterocycles. The van der Waals surface area contributed by atoms with E-state index < -0.39 is 0 Å². The van der Waals surface area contributed by atoms with Gasteiger partial charge in [0.05, 0.1) is 12.2 Å². The Balaban J connectivity index is 2.58. The van der Waals surface area contributed by atoms with Crippen molar-refractivity contribution in [1.29, 1.82) is 0 Å². The Morgan fingerprint density at radius 2 is 2.24 bits per heavy atom. The summed E-state index contributed by atoms with van der Waals surface area (Å²) in [4.78, 5) is 11.7. The summed E-state index contributed by atoms with van der Waals surface area (Å²) in [6, 6.07) is 4.77. The Kier molecular flexibility index (Phi) is 5.29. The van der Waals surface area contributed by atoms with Crippen LogP contribution in [0.4, 0.5) is 5.69 Å². The van der Waals surface area contributed by atoms with Crippen LogP contribution in [0.1, 0.15) is 37.0 Å². The fourth-order valence-electron chi connectivity index (χ4n) is 1.59. The smallest absolute Gasteiger partial charge is 0.340 e. The quantitative estimate of drug-likeness (QED) is 0.647. The van der Waals surface area contributed by atoms with Gasteiger partial charge in [0.15, 0.2) is 0 Å². The Bertz CT molecular complexity index is 393. The van der Waals surface area contributed by atoms with Crippen molar-refractivity contribution < 1.29 is 9.53 Å². The minimum atomic E-state index is -0.387. The molecule has 0 aliphatic rings. The van der Waals surface area contributed by atoms with E-state index in [0.29, 0.717) is 28.8 Å². The average molecular weight is 256 g/mol. The van der Waals surface area contributed by atoms with Crippen LogP contribution in [0.15, 0.2) is 18.2 Å². The van der Waals surface area contributed by atoms with Crippen molar-refractivity contribution in [3.8, 4) is 0 Å². The summed E-state index contributed by atoms with van der Waals surface area (Å²) in [5, 5.41) is 0.512. The van der Waals surface area contributed by atoms with E-state index in [2.05, 4.69) is 13.8 Å². The molecule has 1 aromatic carbocycles. The van der Waals surface area contributed by atoms with E-state index >= 15 is 0 Å². The molecule has 0 bridgehead atoms. The summed E-state index contributed by atoms with van der Waals surface area (Å²) in [6.07, 6.45) is 2.13. The van der Waals surface area contributed by atoms with Crippen molar-refractivity contribution in [2.45, 2.75) is 26.7 Å². The first-order valence-corrected chi connectivity index (χ1v) is 6.14. The van der Waals surface area contributed by atoms with Gasteiger partial charge in [-0.05, 0) is 30.5 Å². The van der Waals surface area contributed by atoms with Gasteiger partial charge < -0.3 is 10.5 Å². The molecule has 0 radical (unpaired) electrons. The second kappa shape index (κ2) is 6.50. The van der Waals surface area contributed by atoms with Crippen molar-refractivity contribution in [2.24, 2.45) is 5.92 Å². The molecule has 2 N–H and O–H groups in total. The molecule has 17 heavy (non-hydrogen) atoms. The summed E-state index contributed by atoms with van der Waals surface area (Å²) < 4.78 is 5.20. The summed E-state index contributed by atoms with van der Waals surface area (Å²) in [5.41, 5.74) is 6.43. The van der Waals surface area contributed by atoms with Crippen molar-refractivity contribution in [1.82, 2.24) is 0 Å². The fourth-order valence-corrected chi connectivity index (χ4v) is 1.77. The SMILES string of the molecule is CCCC(C)COC(=O)c1ccc(Cl)cc1N. The highest BCUT2D eigenvalue weighted by molar-refractivity contribution is 6.31. The topological polar surface area (TPSA) is 52.3 Å². The maximum Gasteiger partial charge on any atom is 0.340 e. The van der Waals surface area contributed by atoms with Crippen LogP contribution in [-0.2, 0) is 4.74 Å². The number of hydrogen-bond acceptors (Lipinski definition) is 3. The Morgan fingerprint density at radius 1 is 1.53 bits per heavy atom. The molecular weight excluding hydrogens is 238 g/mol. The third kappa shape index (κ3) is 4.27. The predicted octanol–water partition coefficient (Wildman–Crippen LogP) is 3.52. The number of anilines is 1. The van der Waals surface area contributed by atoms with Gasteiger partial charge in [0.2, 0.25) is 0 Å². The molecule has 0 spiro atoms. The zero-order valence-electron chi connectivity index (χ0n) is 10.2. The standard InChI is InChI=1S/C13H18ClNO2/c1-3-4-9(2)8-17-13(16)11-6-5-10(14)7-12(11)15/h5-7,9H,3-4,8,15H2,1-2H3. The van der Waals surface area contributed by atoms with Crippen LogP contribution in [0.25, 0.3) is 0 Å². The number of nitrogen functional groups attached to an aromatic ring is 1. The van der Waals surface area contributed by atoms with E-state index in [1.54, 1.807) is 18.2 Å². The number of hydrogen-bond donors (Lipinski definition) is 1. The lowest BCUT2D eigenvalue weighted by Crippen LogP contribution is -2.13. The van der Waals surface area contributed by atoms with Gasteiger partial charge in [0, 0.05) is 10.7 Å². The highest BCUT2D eigenvalue weighted by Gasteiger charge is 2.12. The average Bonchev–Trinajstić information content (AvgIpc) is 2.26. The molecule has 94 valence electrons. The second-order valence-electron chi connectivity index (χ2n) is 4.22. The molecule has 1 atom stereocenters. The molecule has 3 nitrogen and oxygen atoms in total. The maximum atomic E-state index is 11.7. The van der Waals surface area contributed by atoms with E-state index in [9.17, 15) is 4.79 Å². The summed E-state index contributed by atoms with van der Waals surface area (Å²) in [5.74, 6) is -0.0143. The third-order valence-corrected chi connectivity index (χ3v) is 2.75. The normalized spacial score (nSPS) is 12.2. The first-order valence-electron chi connectivity index (χ1n) is 5.76. The zero-order valence-corrected chi connectivity index (χ0v) is 11.0. The first-order chi connectivity index (χ1) is 8.04. The monoisotopic (exact) mass is 255 g/mol. The number of carbonyl (C=O) groups excluding carboxylic acids is 1. The lowest BCUT2D eigenvalue weighted by atomic mass is 10.1. The predicted molar refractivity (Wildman–Crippen MR) is 70.2 cm³/mol. The molecule has 1 unspecified atom stereocenters. The first kappa shape index (κ1) is 13.8. The molecule has 0 fully saturated rings. The molecule has 0 aliphatic carbocycles. The maximum absolute atomic E-state index is 11.7. The van der Waals surface area contributed by atoms with Gasteiger partial charge in [0.25, 0.3) is 0 Å². The van der Waals surface area contributed by atoms with Crippen LogP contribution in [0.5, 0.6) is 0 Å². The molecule has 0 saturated heterocycles. The van der Waals surface area contributed by atoms with Gasteiger partial charge in [-0.25, -0.2) is 4.79 Å². The fraction of sp³-hybridized carbons (Fsp3) is 0.462. The van der Waals surface area contributed by atoms with Crippen LogP contribution < -0.4 is 5.73 Å². The summed E-state index contributed by atoms with van der Waals surface area (Å²) in [7, 11) is 0. The summed E-state index contributed by atoms with van der Waals surface area (Å²) >= 11 is 5.76. The van der Waals surface area contributed by atoms with Crippen LogP contribution in [0.2, 0.25) is 5.02 Å². The van der Waals surface area contributed by atoms with Crippen LogP contribution in [0.3, 0.4) is 0 Å².